The predicted octanol–water partition coefficient (Wildman–Crippen LogP) is 3.86. The van der Waals surface area contributed by atoms with Crippen molar-refractivity contribution >= 4 is 22.8 Å². The lowest BCUT2D eigenvalue weighted by Gasteiger charge is -2.23. The van der Waals surface area contributed by atoms with Gasteiger partial charge in [-0.1, -0.05) is 42.1 Å². The molecule has 1 aromatic rings. The summed E-state index contributed by atoms with van der Waals surface area (Å²) in [6.45, 7) is 7.10. The molecule has 0 unspecified atom stereocenters. The third-order valence-corrected chi connectivity index (χ3v) is 3.83. The molecule has 0 spiro atoms. The Morgan fingerprint density at radius 3 is 2.33 bits per heavy atom. The van der Waals surface area contributed by atoms with Gasteiger partial charge in [0.25, 0.3) is 0 Å². The first kappa shape index (κ1) is 17.8. The lowest BCUT2D eigenvalue weighted by Crippen LogP contribution is -2.30. The average molecular weight is 308 g/mol. The van der Waals surface area contributed by atoms with E-state index in [0.717, 1.165) is 6.42 Å². The molecule has 1 atom stereocenters. The third-order valence-electron chi connectivity index (χ3n) is 2.85. The molecule has 116 valence electrons. The van der Waals surface area contributed by atoms with Crippen LogP contribution in [0.3, 0.4) is 0 Å². The molecule has 4 heteroatoms. The molecule has 0 aliphatic carbocycles. The van der Waals surface area contributed by atoms with Crippen molar-refractivity contribution in [3.05, 3.63) is 35.9 Å². The highest BCUT2D eigenvalue weighted by molar-refractivity contribution is 8.13. The number of carbonyl (C=O) groups is 2. The van der Waals surface area contributed by atoms with E-state index in [1.165, 1.54) is 24.2 Å². The van der Waals surface area contributed by atoms with Crippen LogP contribution in [0.2, 0.25) is 0 Å². The molecule has 0 aliphatic rings. The number of thioether (sulfide) groups is 1. The zero-order valence-electron chi connectivity index (χ0n) is 13.2. The summed E-state index contributed by atoms with van der Waals surface area (Å²) in [7, 11) is 0. The zero-order valence-corrected chi connectivity index (χ0v) is 14.0. The summed E-state index contributed by atoms with van der Waals surface area (Å²) in [4.78, 5) is 23.4. The van der Waals surface area contributed by atoms with Crippen molar-refractivity contribution in [2.75, 3.05) is 5.75 Å². The van der Waals surface area contributed by atoms with Crippen LogP contribution in [-0.2, 0) is 20.7 Å². The summed E-state index contributed by atoms with van der Waals surface area (Å²) in [6, 6.07) is 10.0. The molecule has 0 saturated carbocycles. The molecule has 0 heterocycles. The molecular weight excluding hydrogens is 284 g/mol. The molecule has 0 aromatic heterocycles. The highest BCUT2D eigenvalue weighted by atomic mass is 32.2. The van der Waals surface area contributed by atoms with Crippen LogP contribution in [-0.4, -0.2) is 22.4 Å². The third kappa shape index (κ3) is 7.90. The zero-order chi connectivity index (χ0) is 15.9. The normalized spacial score (nSPS) is 12.8. The largest absolute Gasteiger partial charge is 0.460 e. The molecule has 0 radical (unpaired) electrons. The fourth-order valence-corrected chi connectivity index (χ4v) is 2.60. The minimum absolute atomic E-state index is 0.0308. The number of hydrogen-bond acceptors (Lipinski definition) is 4. The highest BCUT2D eigenvalue weighted by Gasteiger charge is 2.25. The highest BCUT2D eigenvalue weighted by Crippen LogP contribution is 2.20. The van der Waals surface area contributed by atoms with Crippen molar-refractivity contribution in [3.63, 3.8) is 0 Å². The molecule has 0 fully saturated rings. The summed E-state index contributed by atoms with van der Waals surface area (Å²) in [5.74, 6) is 0.0161. The number of carbonyl (C=O) groups excluding carboxylic acids is 2. The van der Waals surface area contributed by atoms with E-state index in [9.17, 15) is 9.59 Å². The van der Waals surface area contributed by atoms with E-state index in [2.05, 4.69) is 0 Å². The monoisotopic (exact) mass is 308 g/mol. The minimum atomic E-state index is -0.497. The van der Waals surface area contributed by atoms with Gasteiger partial charge in [0.15, 0.2) is 5.12 Å². The maximum Gasteiger partial charge on any atom is 0.310 e. The Hall–Kier alpha value is -1.29. The van der Waals surface area contributed by atoms with Gasteiger partial charge in [0.05, 0.1) is 5.92 Å². The first-order chi connectivity index (χ1) is 9.78. The van der Waals surface area contributed by atoms with E-state index in [4.69, 9.17) is 4.74 Å². The van der Waals surface area contributed by atoms with E-state index in [0.29, 0.717) is 12.2 Å². The summed E-state index contributed by atoms with van der Waals surface area (Å²) >= 11 is 1.19. The second-order valence-electron chi connectivity index (χ2n) is 6.06. The Morgan fingerprint density at radius 1 is 1.19 bits per heavy atom. The minimum Gasteiger partial charge on any atom is -0.460 e. The van der Waals surface area contributed by atoms with Crippen LogP contribution >= 0.6 is 11.8 Å². The molecule has 0 bridgehead atoms. The molecule has 1 aromatic carbocycles. The number of esters is 1. The molecule has 0 saturated heterocycles. The van der Waals surface area contributed by atoms with Crippen molar-refractivity contribution in [1.82, 2.24) is 0 Å². The Labute approximate surface area is 131 Å². The van der Waals surface area contributed by atoms with E-state index in [1.807, 2.05) is 51.1 Å². The van der Waals surface area contributed by atoms with Gasteiger partial charge in [-0.05, 0) is 39.2 Å². The van der Waals surface area contributed by atoms with Gasteiger partial charge in [0, 0.05) is 12.7 Å². The van der Waals surface area contributed by atoms with Gasteiger partial charge >= 0.3 is 5.97 Å². The van der Waals surface area contributed by atoms with Crippen LogP contribution in [0.1, 0.15) is 39.7 Å². The maximum absolute atomic E-state index is 12.2. The van der Waals surface area contributed by atoms with Crippen LogP contribution in [0.15, 0.2) is 30.3 Å². The van der Waals surface area contributed by atoms with Gasteiger partial charge in [0.2, 0.25) is 0 Å². The molecule has 0 amide bonds. The van der Waals surface area contributed by atoms with Crippen LogP contribution in [0, 0.1) is 5.92 Å². The van der Waals surface area contributed by atoms with Crippen LogP contribution in [0.5, 0.6) is 0 Å². The SMILES string of the molecule is CC(=O)SC[C@H](CCc1ccccc1)C(=O)OC(C)(C)C. The van der Waals surface area contributed by atoms with Gasteiger partial charge in [-0.25, -0.2) is 0 Å². The van der Waals surface area contributed by atoms with Crippen LogP contribution in [0.4, 0.5) is 0 Å². The Balaban J connectivity index is 2.63. The van der Waals surface area contributed by atoms with Gasteiger partial charge in [-0.15, -0.1) is 0 Å². The smallest absolute Gasteiger partial charge is 0.310 e. The number of ether oxygens (including phenoxy) is 1. The second-order valence-corrected chi connectivity index (χ2v) is 7.25. The van der Waals surface area contributed by atoms with Crippen LogP contribution < -0.4 is 0 Å². The number of hydrogen-bond donors (Lipinski definition) is 0. The molecular formula is C17H24O3S. The lowest BCUT2D eigenvalue weighted by atomic mass is 10.0. The molecule has 0 N–H and O–H groups in total. The fourth-order valence-electron chi connectivity index (χ4n) is 1.86. The summed E-state index contributed by atoms with van der Waals surface area (Å²) in [6.07, 6.45) is 1.50. The van der Waals surface area contributed by atoms with Crippen molar-refractivity contribution in [2.24, 2.45) is 5.92 Å². The molecule has 21 heavy (non-hydrogen) atoms. The van der Waals surface area contributed by atoms with Crippen molar-refractivity contribution in [2.45, 2.75) is 46.1 Å². The number of rotatable bonds is 6. The Morgan fingerprint density at radius 2 is 1.81 bits per heavy atom. The first-order valence-electron chi connectivity index (χ1n) is 7.18. The number of aryl methyl sites for hydroxylation is 1. The van der Waals surface area contributed by atoms with E-state index >= 15 is 0 Å². The fraction of sp³-hybridized carbons (Fsp3) is 0.529. The topological polar surface area (TPSA) is 43.4 Å². The summed E-state index contributed by atoms with van der Waals surface area (Å²) in [5.41, 5.74) is 0.696. The van der Waals surface area contributed by atoms with Crippen molar-refractivity contribution < 1.29 is 14.3 Å². The molecule has 3 nitrogen and oxygen atoms in total. The molecule has 0 aliphatic heterocycles. The Bertz CT molecular complexity index is 463. The van der Waals surface area contributed by atoms with Gasteiger partial charge < -0.3 is 4.74 Å². The van der Waals surface area contributed by atoms with Crippen molar-refractivity contribution in [3.8, 4) is 0 Å². The Kier molecular flexibility index (Phi) is 6.96. The summed E-state index contributed by atoms with van der Waals surface area (Å²) < 4.78 is 5.46. The average Bonchev–Trinajstić information content (AvgIpc) is 2.37. The van der Waals surface area contributed by atoms with Crippen molar-refractivity contribution in [1.29, 1.82) is 0 Å². The first-order valence-corrected chi connectivity index (χ1v) is 8.16. The standard InChI is InChI=1S/C17H24O3S/c1-13(18)21-12-15(16(19)20-17(2,3)4)11-10-14-8-6-5-7-9-14/h5-9,15H,10-12H2,1-4H3/t15-/m0/s1. The quantitative estimate of drug-likeness (QED) is 0.749. The molecule has 1 rings (SSSR count). The van der Waals surface area contributed by atoms with E-state index < -0.39 is 5.60 Å². The number of benzene rings is 1. The lowest BCUT2D eigenvalue weighted by molar-refractivity contribution is -0.159. The van der Waals surface area contributed by atoms with E-state index in [-0.39, 0.29) is 17.0 Å². The summed E-state index contributed by atoms with van der Waals surface area (Å²) in [5, 5.41) is 0.0308. The predicted molar refractivity (Wildman–Crippen MR) is 87.2 cm³/mol. The van der Waals surface area contributed by atoms with E-state index in [1.54, 1.807) is 0 Å². The second kappa shape index (κ2) is 8.23. The van der Waals surface area contributed by atoms with Gasteiger partial charge in [-0.2, -0.15) is 0 Å². The van der Waals surface area contributed by atoms with Crippen LogP contribution in [0.25, 0.3) is 0 Å². The van der Waals surface area contributed by atoms with Gasteiger partial charge in [-0.3, -0.25) is 9.59 Å². The van der Waals surface area contributed by atoms with Gasteiger partial charge in [0.1, 0.15) is 5.60 Å². The maximum atomic E-state index is 12.2.